The summed E-state index contributed by atoms with van der Waals surface area (Å²) in [4.78, 5) is 3.94. The second kappa shape index (κ2) is 5.61. The number of nitrogens with zero attached hydrogens (tertiary/aromatic N) is 2. The number of aromatic nitrogens is 1. The van der Waals surface area contributed by atoms with Crippen molar-refractivity contribution < 1.29 is 8.42 Å². The van der Waals surface area contributed by atoms with Crippen molar-refractivity contribution in [3.05, 3.63) is 18.3 Å². The van der Waals surface area contributed by atoms with Crippen LogP contribution in [-0.4, -0.2) is 30.8 Å². The Bertz CT molecular complexity index is 494. The van der Waals surface area contributed by atoms with Crippen LogP contribution in [0.2, 0.25) is 0 Å². The lowest BCUT2D eigenvalue weighted by molar-refractivity contribution is 0.442. The van der Waals surface area contributed by atoms with Crippen LogP contribution in [0, 0.1) is 6.92 Å². The van der Waals surface area contributed by atoms with E-state index in [0.29, 0.717) is 18.8 Å². The van der Waals surface area contributed by atoms with E-state index in [0.717, 1.165) is 17.8 Å². The zero-order valence-corrected chi connectivity index (χ0v) is 11.6. The van der Waals surface area contributed by atoms with Gasteiger partial charge in [0.15, 0.2) is 9.34 Å². The predicted molar refractivity (Wildman–Crippen MR) is 70.5 cm³/mol. The fourth-order valence-corrected chi connectivity index (χ4v) is 4.40. The summed E-state index contributed by atoms with van der Waals surface area (Å²) < 4.78 is 26.3. The summed E-state index contributed by atoms with van der Waals surface area (Å²) in [6.07, 6.45) is 2.33. The van der Waals surface area contributed by atoms with E-state index in [1.54, 1.807) is 13.0 Å². The van der Waals surface area contributed by atoms with Gasteiger partial charge in [0.1, 0.15) is 0 Å². The third kappa shape index (κ3) is 3.05. The minimum Gasteiger partial charge on any atom is -0.375 e. The van der Waals surface area contributed by atoms with Crippen molar-refractivity contribution in [1.82, 2.24) is 9.29 Å². The molecule has 0 aliphatic carbocycles. The summed E-state index contributed by atoms with van der Waals surface area (Å²) >= 11 is 1.00. The monoisotopic (exact) mass is 275 g/mol. The lowest BCUT2D eigenvalue weighted by Crippen LogP contribution is -2.31. The number of nitrogens with two attached hydrogens (primary N) is 1. The van der Waals surface area contributed by atoms with Crippen LogP contribution >= 0.6 is 11.3 Å². The lowest BCUT2D eigenvalue weighted by Gasteiger charge is -2.18. The molecule has 0 saturated heterocycles. The highest BCUT2D eigenvalue weighted by Gasteiger charge is 2.27. The molecule has 1 rings (SSSR count). The minimum atomic E-state index is -3.50. The van der Waals surface area contributed by atoms with E-state index in [1.807, 2.05) is 6.92 Å². The first-order chi connectivity index (χ1) is 7.93. The summed E-state index contributed by atoms with van der Waals surface area (Å²) in [5.41, 5.74) is 5.98. The van der Waals surface area contributed by atoms with Crippen molar-refractivity contribution in [2.75, 3.05) is 18.8 Å². The van der Waals surface area contributed by atoms with Gasteiger partial charge in [-0.1, -0.05) is 24.3 Å². The molecule has 5 nitrogen and oxygen atoms in total. The fourth-order valence-electron chi connectivity index (χ4n) is 1.46. The van der Waals surface area contributed by atoms with Crippen LogP contribution < -0.4 is 5.73 Å². The first-order valence-electron chi connectivity index (χ1n) is 5.27. The van der Waals surface area contributed by atoms with Gasteiger partial charge in [0.2, 0.25) is 0 Å². The molecule has 0 bridgehead atoms. The number of thiazole rings is 1. The molecule has 2 N–H and O–H groups in total. The smallest absolute Gasteiger partial charge is 0.254 e. The molecule has 0 amide bonds. The average Bonchev–Trinajstić information content (AvgIpc) is 2.58. The average molecular weight is 275 g/mol. The molecule has 0 saturated carbocycles. The van der Waals surface area contributed by atoms with Gasteiger partial charge in [-0.2, -0.15) is 4.31 Å². The number of hydrogen-bond acceptors (Lipinski definition) is 5. The molecule has 1 heterocycles. The van der Waals surface area contributed by atoms with Crippen LogP contribution in [0.1, 0.15) is 19.0 Å². The predicted octanol–water partition coefficient (Wildman–Crippen LogP) is 1.62. The Balaban J connectivity index is 3.15. The Hall–Kier alpha value is -0.920. The van der Waals surface area contributed by atoms with E-state index in [9.17, 15) is 8.42 Å². The van der Waals surface area contributed by atoms with E-state index in [2.05, 4.69) is 11.6 Å². The summed E-state index contributed by atoms with van der Waals surface area (Å²) in [6, 6.07) is 0. The fraction of sp³-hybridized carbons (Fsp3) is 0.500. The van der Waals surface area contributed by atoms with Gasteiger partial charge in [0, 0.05) is 13.1 Å². The molecule has 7 heteroatoms. The maximum atomic E-state index is 12.3. The molecule has 0 aromatic carbocycles. The Morgan fingerprint density at radius 3 is 2.65 bits per heavy atom. The molecule has 0 unspecified atom stereocenters. The molecule has 0 spiro atoms. The summed E-state index contributed by atoms with van der Waals surface area (Å²) in [6.45, 7) is 7.92. The van der Waals surface area contributed by atoms with Gasteiger partial charge in [-0.25, -0.2) is 13.4 Å². The highest BCUT2D eigenvalue weighted by atomic mass is 32.2. The summed E-state index contributed by atoms with van der Waals surface area (Å²) in [5, 5.41) is 0.274. The van der Waals surface area contributed by atoms with Crippen molar-refractivity contribution in [3.63, 3.8) is 0 Å². The number of sulfonamides is 1. The molecule has 17 heavy (non-hydrogen) atoms. The standard InChI is InChI=1S/C10H17N3O2S2/c1-4-6-13(7-5-2)17(14,15)9-8(3)12-10(11)16-9/h4H,1,5-7H2,2-3H3,(H2,11,12). The van der Waals surface area contributed by atoms with E-state index in [-0.39, 0.29) is 9.34 Å². The second-order valence-corrected chi connectivity index (χ2v) is 6.74. The maximum Gasteiger partial charge on any atom is 0.254 e. The summed E-state index contributed by atoms with van der Waals surface area (Å²) in [5.74, 6) is 0. The molecule has 1 aromatic heterocycles. The maximum absolute atomic E-state index is 12.3. The van der Waals surface area contributed by atoms with Gasteiger partial charge in [0.05, 0.1) is 5.69 Å². The van der Waals surface area contributed by atoms with Crippen LogP contribution in [0.15, 0.2) is 16.9 Å². The van der Waals surface area contributed by atoms with E-state index >= 15 is 0 Å². The van der Waals surface area contributed by atoms with Crippen molar-refractivity contribution >= 4 is 26.5 Å². The molecule has 96 valence electrons. The number of anilines is 1. The third-order valence-corrected chi connectivity index (χ3v) is 5.59. The first-order valence-corrected chi connectivity index (χ1v) is 7.53. The molecule has 0 aliphatic rings. The SMILES string of the molecule is C=CCN(CCC)S(=O)(=O)c1sc(N)nc1C. The van der Waals surface area contributed by atoms with Crippen molar-refractivity contribution in [2.24, 2.45) is 0 Å². The third-order valence-electron chi connectivity index (χ3n) is 2.15. The van der Waals surface area contributed by atoms with E-state index < -0.39 is 10.0 Å². The van der Waals surface area contributed by atoms with Crippen molar-refractivity contribution in [3.8, 4) is 0 Å². The van der Waals surface area contributed by atoms with Crippen LogP contribution in [0.3, 0.4) is 0 Å². The molecular formula is C10H17N3O2S2. The van der Waals surface area contributed by atoms with Crippen LogP contribution in [0.4, 0.5) is 5.13 Å². The Morgan fingerprint density at radius 2 is 2.24 bits per heavy atom. The topological polar surface area (TPSA) is 76.3 Å². The molecular weight excluding hydrogens is 258 g/mol. The van der Waals surface area contributed by atoms with E-state index in [1.165, 1.54) is 4.31 Å². The van der Waals surface area contributed by atoms with Gasteiger partial charge < -0.3 is 5.73 Å². The number of nitrogen functional groups attached to an aromatic ring is 1. The molecule has 1 aromatic rings. The lowest BCUT2D eigenvalue weighted by atomic mass is 10.5. The highest BCUT2D eigenvalue weighted by molar-refractivity contribution is 7.91. The van der Waals surface area contributed by atoms with Gasteiger partial charge >= 0.3 is 0 Å². The van der Waals surface area contributed by atoms with Crippen LogP contribution in [0.25, 0.3) is 0 Å². The molecule has 0 aliphatic heterocycles. The van der Waals surface area contributed by atoms with Gasteiger partial charge in [-0.15, -0.1) is 6.58 Å². The second-order valence-electron chi connectivity index (χ2n) is 3.58. The Labute approximate surface area is 106 Å². The Morgan fingerprint density at radius 1 is 1.59 bits per heavy atom. The number of hydrogen-bond donors (Lipinski definition) is 1. The zero-order chi connectivity index (χ0) is 13.1. The van der Waals surface area contributed by atoms with Gasteiger partial charge in [-0.3, -0.25) is 0 Å². The van der Waals surface area contributed by atoms with Crippen LogP contribution in [-0.2, 0) is 10.0 Å². The number of rotatable bonds is 6. The minimum absolute atomic E-state index is 0.227. The van der Waals surface area contributed by atoms with E-state index in [4.69, 9.17) is 5.73 Å². The first kappa shape index (κ1) is 14.1. The zero-order valence-electron chi connectivity index (χ0n) is 10.0. The van der Waals surface area contributed by atoms with Crippen molar-refractivity contribution in [1.29, 1.82) is 0 Å². The molecule has 0 fully saturated rings. The van der Waals surface area contributed by atoms with Crippen molar-refractivity contribution in [2.45, 2.75) is 24.5 Å². The largest absolute Gasteiger partial charge is 0.375 e. The van der Waals surface area contributed by atoms with Gasteiger partial charge in [0.25, 0.3) is 10.0 Å². The highest BCUT2D eigenvalue weighted by Crippen LogP contribution is 2.27. The molecule has 0 atom stereocenters. The van der Waals surface area contributed by atoms with Crippen LogP contribution in [0.5, 0.6) is 0 Å². The normalized spacial score (nSPS) is 11.9. The molecule has 0 radical (unpaired) electrons. The summed E-state index contributed by atoms with van der Waals surface area (Å²) in [7, 11) is -3.50. The quantitative estimate of drug-likeness (QED) is 0.800. The van der Waals surface area contributed by atoms with Gasteiger partial charge in [-0.05, 0) is 13.3 Å². The Kier molecular flexibility index (Phi) is 4.67. The number of aryl methyl sites for hydroxylation is 1.